The largest absolute Gasteiger partial charge is 0.490 e. The van der Waals surface area contributed by atoms with Crippen LogP contribution in [0.5, 0.6) is 11.5 Å². The molecule has 2 aromatic rings. The summed E-state index contributed by atoms with van der Waals surface area (Å²) >= 11 is 0. The summed E-state index contributed by atoms with van der Waals surface area (Å²) in [5, 5.41) is 3.43. The minimum absolute atomic E-state index is 0. The normalized spacial score (nSPS) is 10.0. The molecule has 0 amide bonds. The highest BCUT2D eigenvalue weighted by atomic mass is 35.5. The maximum atomic E-state index is 5.78. The molecule has 2 rings (SSSR count). The summed E-state index contributed by atoms with van der Waals surface area (Å²) in [6.45, 7) is 5.17. The van der Waals surface area contributed by atoms with Gasteiger partial charge in [-0.15, -0.1) is 12.4 Å². The Morgan fingerprint density at radius 2 is 1.46 bits per heavy atom. The standard InChI is InChI=1S/C20H27NO2.ClH/c1-2-22-19-13-6-7-14-20(19)23-17-16-21-15-9-8-12-18-10-4-3-5-11-18;/h3-7,10-11,13-14,21H,2,8-9,12,15-17H2,1H3;1H. The van der Waals surface area contributed by atoms with Crippen LogP contribution in [-0.2, 0) is 6.42 Å². The van der Waals surface area contributed by atoms with Crippen molar-refractivity contribution in [2.75, 3.05) is 26.3 Å². The Morgan fingerprint density at radius 1 is 0.792 bits per heavy atom. The van der Waals surface area contributed by atoms with Gasteiger partial charge in [0, 0.05) is 6.54 Å². The highest BCUT2D eigenvalue weighted by molar-refractivity contribution is 5.85. The predicted molar refractivity (Wildman–Crippen MR) is 103 cm³/mol. The van der Waals surface area contributed by atoms with Crippen molar-refractivity contribution in [3.63, 3.8) is 0 Å². The first-order valence-electron chi connectivity index (χ1n) is 8.49. The van der Waals surface area contributed by atoms with Gasteiger partial charge in [-0.25, -0.2) is 0 Å². The summed E-state index contributed by atoms with van der Waals surface area (Å²) < 4.78 is 11.3. The van der Waals surface area contributed by atoms with Crippen LogP contribution in [0.1, 0.15) is 25.3 Å². The zero-order valence-electron chi connectivity index (χ0n) is 14.4. The van der Waals surface area contributed by atoms with Crippen molar-refractivity contribution in [2.24, 2.45) is 0 Å². The highest BCUT2D eigenvalue weighted by Gasteiger charge is 2.02. The van der Waals surface area contributed by atoms with Gasteiger partial charge in [0.15, 0.2) is 11.5 Å². The lowest BCUT2D eigenvalue weighted by Crippen LogP contribution is -2.22. The smallest absolute Gasteiger partial charge is 0.161 e. The van der Waals surface area contributed by atoms with Crippen molar-refractivity contribution >= 4 is 12.4 Å². The van der Waals surface area contributed by atoms with E-state index >= 15 is 0 Å². The summed E-state index contributed by atoms with van der Waals surface area (Å²) in [5.74, 6) is 1.64. The zero-order valence-corrected chi connectivity index (χ0v) is 15.2. The predicted octanol–water partition coefficient (Wildman–Crippen LogP) is 4.50. The summed E-state index contributed by atoms with van der Waals surface area (Å²) in [6, 6.07) is 18.5. The Labute approximate surface area is 151 Å². The Bertz CT molecular complexity index is 548. The van der Waals surface area contributed by atoms with E-state index in [4.69, 9.17) is 9.47 Å². The van der Waals surface area contributed by atoms with E-state index in [1.807, 2.05) is 31.2 Å². The van der Waals surface area contributed by atoms with E-state index in [1.54, 1.807) is 0 Å². The van der Waals surface area contributed by atoms with Crippen molar-refractivity contribution in [3.05, 3.63) is 60.2 Å². The van der Waals surface area contributed by atoms with Crippen molar-refractivity contribution < 1.29 is 9.47 Å². The number of hydrogen-bond donors (Lipinski definition) is 1. The third kappa shape index (κ3) is 7.71. The van der Waals surface area contributed by atoms with Crippen molar-refractivity contribution in [1.29, 1.82) is 0 Å². The second-order valence-electron chi connectivity index (χ2n) is 5.42. The zero-order chi connectivity index (χ0) is 16.2. The third-order valence-electron chi connectivity index (χ3n) is 3.60. The first-order chi connectivity index (χ1) is 11.4. The minimum Gasteiger partial charge on any atom is -0.490 e. The van der Waals surface area contributed by atoms with Crippen LogP contribution in [0.15, 0.2) is 54.6 Å². The minimum atomic E-state index is 0. The first-order valence-corrected chi connectivity index (χ1v) is 8.49. The molecular formula is C20H28ClNO2. The Hall–Kier alpha value is -1.71. The number of ether oxygens (including phenoxy) is 2. The molecule has 0 bridgehead atoms. The van der Waals surface area contributed by atoms with Gasteiger partial charge in [-0.1, -0.05) is 42.5 Å². The van der Waals surface area contributed by atoms with E-state index in [0.717, 1.165) is 31.0 Å². The molecule has 0 heterocycles. The van der Waals surface area contributed by atoms with Crippen LogP contribution in [-0.4, -0.2) is 26.3 Å². The maximum absolute atomic E-state index is 5.78. The van der Waals surface area contributed by atoms with Crippen LogP contribution in [0.4, 0.5) is 0 Å². The quantitative estimate of drug-likeness (QED) is 0.606. The van der Waals surface area contributed by atoms with Gasteiger partial charge in [-0.3, -0.25) is 0 Å². The Kier molecular flexibility index (Phi) is 10.7. The van der Waals surface area contributed by atoms with Gasteiger partial charge in [0.2, 0.25) is 0 Å². The van der Waals surface area contributed by atoms with E-state index in [9.17, 15) is 0 Å². The molecule has 4 heteroatoms. The number of aryl methyl sites for hydroxylation is 1. The summed E-state index contributed by atoms with van der Waals surface area (Å²) in [7, 11) is 0. The molecule has 0 fully saturated rings. The molecule has 0 saturated carbocycles. The molecule has 3 nitrogen and oxygen atoms in total. The monoisotopic (exact) mass is 349 g/mol. The summed E-state index contributed by atoms with van der Waals surface area (Å²) in [5.41, 5.74) is 1.42. The lowest BCUT2D eigenvalue weighted by Gasteiger charge is -2.12. The molecule has 2 aromatic carbocycles. The molecule has 132 valence electrons. The van der Waals surface area contributed by atoms with E-state index in [0.29, 0.717) is 13.2 Å². The van der Waals surface area contributed by atoms with Crippen molar-refractivity contribution in [1.82, 2.24) is 5.32 Å². The van der Waals surface area contributed by atoms with Gasteiger partial charge in [0.1, 0.15) is 6.61 Å². The number of halogens is 1. The van der Waals surface area contributed by atoms with E-state index < -0.39 is 0 Å². The average Bonchev–Trinajstić information content (AvgIpc) is 2.60. The van der Waals surface area contributed by atoms with Gasteiger partial charge >= 0.3 is 0 Å². The van der Waals surface area contributed by atoms with E-state index in [2.05, 4.69) is 35.6 Å². The fourth-order valence-corrected chi connectivity index (χ4v) is 2.43. The second kappa shape index (κ2) is 12.7. The molecule has 0 radical (unpaired) electrons. The molecule has 1 N–H and O–H groups in total. The number of unbranched alkanes of at least 4 members (excludes halogenated alkanes) is 1. The molecule has 0 aliphatic rings. The van der Waals surface area contributed by atoms with Crippen molar-refractivity contribution in [3.8, 4) is 11.5 Å². The van der Waals surface area contributed by atoms with Gasteiger partial charge in [-0.05, 0) is 50.4 Å². The molecule has 24 heavy (non-hydrogen) atoms. The van der Waals surface area contributed by atoms with Crippen LogP contribution < -0.4 is 14.8 Å². The summed E-state index contributed by atoms with van der Waals surface area (Å²) in [6.07, 6.45) is 3.55. The molecule has 0 aliphatic heterocycles. The number of para-hydroxylation sites is 2. The molecule has 0 aromatic heterocycles. The van der Waals surface area contributed by atoms with Gasteiger partial charge in [0.25, 0.3) is 0 Å². The molecular weight excluding hydrogens is 322 g/mol. The third-order valence-corrected chi connectivity index (χ3v) is 3.60. The number of hydrogen-bond acceptors (Lipinski definition) is 3. The number of nitrogens with one attached hydrogen (secondary N) is 1. The fourth-order valence-electron chi connectivity index (χ4n) is 2.43. The lowest BCUT2D eigenvalue weighted by molar-refractivity contribution is 0.276. The maximum Gasteiger partial charge on any atom is 0.161 e. The summed E-state index contributed by atoms with van der Waals surface area (Å²) in [4.78, 5) is 0. The van der Waals surface area contributed by atoms with Crippen molar-refractivity contribution in [2.45, 2.75) is 26.2 Å². The SMILES string of the molecule is CCOc1ccccc1OCCNCCCCc1ccccc1.Cl. The lowest BCUT2D eigenvalue weighted by atomic mass is 10.1. The molecule has 0 unspecified atom stereocenters. The number of rotatable bonds is 11. The van der Waals surface area contributed by atoms with Crippen LogP contribution in [0.25, 0.3) is 0 Å². The van der Waals surface area contributed by atoms with Crippen LogP contribution >= 0.6 is 12.4 Å². The highest BCUT2D eigenvalue weighted by Crippen LogP contribution is 2.25. The van der Waals surface area contributed by atoms with Crippen LogP contribution in [0.2, 0.25) is 0 Å². The molecule has 0 spiro atoms. The topological polar surface area (TPSA) is 30.5 Å². The molecule has 0 atom stereocenters. The van der Waals surface area contributed by atoms with Gasteiger partial charge < -0.3 is 14.8 Å². The molecule has 0 saturated heterocycles. The van der Waals surface area contributed by atoms with Gasteiger partial charge in [0.05, 0.1) is 6.61 Å². The number of benzene rings is 2. The van der Waals surface area contributed by atoms with Gasteiger partial charge in [-0.2, -0.15) is 0 Å². The first kappa shape index (κ1) is 20.3. The second-order valence-corrected chi connectivity index (χ2v) is 5.42. The Morgan fingerprint density at radius 3 is 2.17 bits per heavy atom. The van der Waals surface area contributed by atoms with Crippen LogP contribution in [0.3, 0.4) is 0 Å². The average molecular weight is 350 g/mol. The fraction of sp³-hybridized carbons (Fsp3) is 0.400. The van der Waals surface area contributed by atoms with Crippen LogP contribution in [0, 0.1) is 0 Å². The van der Waals surface area contributed by atoms with E-state index in [-0.39, 0.29) is 12.4 Å². The Balaban J connectivity index is 0.00000288. The van der Waals surface area contributed by atoms with E-state index in [1.165, 1.54) is 18.4 Å². The molecule has 0 aliphatic carbocycles.